The number of aryl methyl sites for hydroxylation is 2. The Labute approximate surface area is 291 Å². The average Bonchev–Trinajstić information content (AvgIpc) is 3.60. The van der Waals surface area contributed by atoms with Gasteiger partial charge < -0.3 is 29.4 Å². The van der Waals surface area contributed by atoms with Crippen molar-refractivity contribution in [3.8, 4) is 17.1 Å². The molecule has 0 saturated carbocycles. The standard InChI is InChI=1S/C35H48N8O6/c1-23(9-8-16-47-31-27(20-37-40(31)6)29-19-26(32(44)46-7)17-24(2)38-29)21-43-30-18-25(10-11-28(30)39-33(43)36)22-48-42-14-12-41(13-15-42)34(45)49-35(3,4)5/h10-11,17-20,23H,8-9,12-16,21-22H2,1-7H3,(H2,36,39)/i1D3. The Hall–Kier alpha value is -4.69. The lowest BCUT2D eigenvalue weighted by molar-refractivity contribution is -0.184. The molecule has 1 aromatic carbocycles. The number of imidazole rings is 1. The molecule has 49 heavy (non-hydrogen) atoms. The van der Waals surface area contributed by atoms with E-state index in [2.05, 4.69) is 15.1 Å². The van der Waals surface area contributed by atoms with Crippen LogP contribution in [0.1, 0.15) is 66.2 Å². The van der Waals surface area contributed by atoms with E-state index in [0.29, 0.717) is 72.9 Å². The first-order valence-corrected chi connectivity index (χ1v) is 16.3. The van der Waals surface area contributed by atoms with Gasteiger partial charge in [0.2, 0.25) is 11.8 Å². The molecule has 1 aliphatic rings. The summed E-state index contributed by atoms with van der Waals surface area (Å²) in [6.45, 7) is 7.75. The molecule has 3 aromatic heterocycles. The predicted octanol–water partition coefficient (Wildman–Crippen LogP) is 4.99. The van der Waals surface area contributed by atoms with Crippen LogP contribution in [0.25, 0.3) is 22.3 Å². The number of aromatic nitrogens is 5. The van der Waals surface area contributed by atoms with Crippen molar-refractivity contribution in [3.05, 3.63) is 53.3 Å². The van der Waals surface area contributed by atoms with Gasteiger partial charge in [-0.15, -0.1) is 0 Å². The molecule has 1 fully saturated rings. The van der Waals surface area contributed by atoms with Crippen LogP contribution in [0.5, 0.6) is 5.88 Å². The number of hydrogen-bond donors (Lipinski definition) is 1. The number of rotatable bonds is 12. The molecule has 1 aliphatic heterocycles. The number of esters is 1. The SMILES string of the molecule is [2H]C([2H])([2H])C(CCCOc1c(-c2cc(C(=O)OC)cc(C)n2)cnn1C)Cn1c(N)nc2ccc(CON3CCN(C(=O)OC(C)(C)C)CC3)cc21. The zero-order valence-corrected chi connectivity index (χ0v) is 29.1. The predicted molar refractivity (Wildman–Crippen MR) is 185 cm³/mol. The van der Waals surface area contributed by atoms with E-state index in [-0.39, 0.29) is 31.8 Å². The van der Waals surface area contributed by atoms with E-state index in [9.17, 15) is 9.59 Å². The molecule has 2 N–H and O–H groups in total. The molecule has 5 rings (SSSR count). The van der Waals surface area contributed by atoms with Gasteiger partial charge >= 0.3 is 12.1 Å². The summed E-state index contributed by atoms with van der Waals surface area (Å²) in [5, 5.41) is 6.14. The van der Waals surface area contributed by atoms with Crippen molar-refractivity contribution in [2.75, 3.05) is 45.6 Å². The van der Waals surface area contributed by atoms with Crippen LogP contribution < -0.4 is 10.5 Å². The van der Waals surface area contributed by atoms with E-state index < -0.39 is 24.3 Å². The van der Waals surface area contributed by atoms with Crippen LogP contribution in [0.3, 0.4) is 0 Å². The van der Waals surface area contributed by atoms with Crippen molar-refractivity contribution >= 4 is 29.0 Å². The first-order chi connectivity index (χ1) is 24.5. The van der Waals surface area contributed by atoms with Gasteiger partial charge in [-0.1, -0.05) is 12.9 Å². The molecule has 0 bridgehead atoms. The van der Waals surface area contributed by atoms with E-state index in [1.165, 1.54) is 7.11 Å². The summed E-state index contributed by atoms with van der Waals surface area (Å²) in [5.41, 5.74) is 10.1. The van der Waals surface area contributed by atoms with E-state index in [1.54, 1.807) is 46.4 Å². The Balaban J connectivity index is 1.20. The third-order valence-corrected chi connectivity index (χ3v) is 8.02. The number of methoxy groups -OCH3 is 1. The lowest BCUT2D eigenvalue weighted by Crippen LogP contribution is -2.49. The van der Waals surface area contributed by atoms with Crippen molar-refractivity contribution in [2.45, 2.75) is 66.1 Å². The summed E-state index contributed by atoms with van der Waals surface area (Å²) in [6.07, 6.45) is 2.05. The summed E-state index contributed by atoms with van der Waals surface area (Å²) in [5.74, 6) is -0.530. The Morgan fingerprint density at radius 2 is 1.88 bits per heavy atom. The number of carbonyl (C=O) groups excluding carboxylic acids is 2. The molecule has 14 heteroatoms. The van der Waals surface area contributed by atoms with Gasteiger partial charge in [0, 0.05) is 49.6 Å². The molecule has 0 spiro atoms. The zero-order valence-electron chi connectivity index (χ0n) is 32.1. The third kappa shape index (κ3) is 9.06. The smallest absolute Gasteiger partial charge is 0.410 e. The number of pyridine rings is 1. The van der Waals surface area contributed by atoms with Gasteiger partial charge in [0.05, 0.1) is 54.4 Å². The lowest BCUT2D eigenvalue weighted by atomic mass is 10.1. The number of nitrogens with zero attached hydrogens (tertiary/aromatic N) is 7. The second-order valence-corrected chi connectivity index (χ2v) is 13.1. The first-order valence-electron chi connectivity index (χ1n) is 17.8. The number of piperazine rings is 1. The number of hydrogen-bond acceptors (Lipinski definition) is 11. The van der Waals surface area contributed by atoms with Gasteiger partial charge in [-0.2, -0.15) is 10.2 Å². The fraction of sp³-hybridized carbons (Fsp3) is 0.514. The van der Waals surface area contributed by atoms with Gasteiger partial charge in [0.25, 0.3) is 0 Å². The fourth-order valence-electron chi connectivity index (χ4n) is 5.59. The van der Waals surface area contributed by atoms with Crippen molar-refractivity contribution in [3.63, 3.8) is 0 Å². The average molecular weight is 680 g/mol. The topological polar surface area (TPSA) is 152 Å². The van der Waals surface area contributed by atoms with E-state index in [1.807, 2.05) is 44.0 Å². The number of anilines is 1. The molecule has 0 radical (unpaired) electrons. The summed E-state index contributed by atoms with van der Waals surface area (Å²) >= 11 is 0. The normalized spacial score (nSPS) is 15.8. The number of benzene rings is 1. The van der Waals surface area contributed by atoms with Crippen LogP contribution in [0, 0.1) is 12.8 Å². The molecule has 1 atom stereocenters. The molecule has 4 aromatic rings. The molecule has 14 nitrogen and oxygen atoms in total. The van der Waals surface area contributed by atoms with E-state index >= 15 is 0 Å². The number of ether oxygens (including phenoxy) is 3. The van der Waals surface area contributed by atoms with Crippen molar-refractivity contribution in [2.24, 2.45) is 13.0 Å². The fourth-order valence-corrected chi connectivity index (χ4v) is 5.59. The highest BCUT2D eigenvalue weighted by atomic mass is 16.7. The van der Waals surface area contributed by atoms with Crippen molar-refractivity contribution in [1.82, 2.24) is 34.3 Å². The maximum Gasteiger partial charge on any atom is 0.410 e. The minimum absolute atomic E-state index is 0.135. The molecule has 4 heterocycles. The Morgan fingerprint density at radius 1 is 1.10 bits per heavy atom. The van der Waals surface area contributed by atoms with Crippen LogP contribution in [-0.4, -0.2) is 91.8 Å². The van der Waals surface area contributed by atoms with Crippen LogP contribution in [0.2, 0.25) is 0 Å². The number of nitrogen functional groups attached to an aromatic ring is 1. The first kappa shape index (κ1) is 31.6. The molecule has 1 saturated heterocycles. The highest BCUT2D eigenvalue weighted by Crippen LogP contribution is 2.30. The molecule has 1 amide bonds. The maximum absolute atomic E-state index is 12.4. The second-order valence-electron chi connectivity index (χ2n) is 13.1. The van der Waals surface area contributed by atoms with Crippen molar-refractivity contribution < 1.29 is 32.7 Å². The third-order valence-electron chi connectivity index (χ3n) is 8.02. The minimum atomic E-state index is -2.27. The Kier molecular flexibility index (Phi) is 9.82. The van der Waals surface area contributed by atoms with Crippen LogP contribution in [0.15, 0.2) is 36.5 Å². The van der Waals surface area contributed by atoms with Gasteiger partial charge in [-0.05, 0) is 76.3 Å². The minimum Gasteiger partial charge on any atom is -0.477 e. The number of hydroxylamine groups is 2. The molecule has 1 unspecified atom stereocenters. The van der Waals surface area contributed by atoms with Crippen molar-refractivity contribution in [1.29, 1.82) is 0 Å². The zero-order chi connectivity index (χ0) is 37.8. The molecule has 264 valence electrons. The van der Waals surface area contributed by atoms with Gasteiger partial charge in [0.15, 0.2) is 0 Å². The van der Waals surface area contributed by atoms with E-state index in [4.69, 9.17) is 28.9 Å². The van der Waals surface area contributed by atoms with Crippen LogP contribution in [-0.2, 0) is 34.5 Å². The summed E-state index contributed by atoms with van der Waals surface area (Å²) in [4.78, 5) is 41.4. The molecular formula is C35H48N8O6. The maximum atomic E-state index is 12.4. The van der Waals surface area contributed by atoms with Gasteiger partial charge in [-0.25, -0.2) is 19.3 Å². The number of carbonyl (C=O) groups is 2. The highest BCUT2D eigenvalue weighted by Gasteiger charge is 2.26. The summed E-state index contributed by atoms with van der Waals surface area (Å²) in [6, 6.07) is 8.95. The second kappa shape index (κ2) is 15.2. The lowest BCUT2D eigenvalue weighted by Gasteiger charge is -2.34. The quantitative estimate of drug-likeness (QED) is 0.159. The number of fused-ring (bicyclic) bond motifs is 1. The molecule has 0 aliphatic carbocycles. The van der Waals surface area contributed by atoms with Gasteiger partial charge in [0.1, 0.15) is 5.60 Å². The van der Waals surface area contributed by atoms with Crippen LogP contribution >= 0.6 is 0 Å². The number of amides is 1. The molecular weight excluding hydrogens is 628 g/mol. The van der Waals surface area contributed by atoms with Crippen LogP contribution in [0.4, 0.5) is 10.7 Å². The van der Waals surface area contributed by atoms with E-state index in [0.717, 1.165) is 11.1 Å². The summed E-state index contributed by atoms with van der Waals surface area (Å²) < 4.78 is 44.8. The largest absolute Gasteiger partial charge is 0.477 e. The van der Waals surface area contributed by atoms with Gasteiger partial charge in [-0.3, -0.25) is 9.82 Å². The Bertz CT molecular complexity index is 1880. The highest BCUT2D eigenvalue weighted by molar-refractivity contribution is 5.91. The summed E-state index contributed by atoms with van der Waals surface area (Å²) in [7, 11) is 3.06. The Morgan fingerprint density at radius 3 is 2.59 bits per heavy atom. The number of nitrogens with two attached hydrogens (primary N) is 1. The monoisotopic (exact) mass is 679 g/mol.